The Morgan fingerprint density at radius 3 is 2.30 bits per heavy atom. The van der Waals surface area contributed by atoms with Gasteiger partial charge in [0.1, 0.15) is 0 Å². The van der Waals surface area contributed by atoms with Crippen LogP contribution in [-0.2, 0) is 16.0 Å². The summed E-state index contributed by atoms with van der Waals surface area (Å²) < 4.78 is 5.56. The molecule has 27 heavy (non-hydrogen) atoms. The van der Waals surface area contributed by atoms with Crippen LogP contribution in [0.2, 0.25) is 0 Å². The van der Waals surface area contributed by atoms with E-state index in [4.69, 9.17) is 4.74 Å². The highest BCUT2D eigenvalue weighted by atomic mass is 127. The van der Waals surface area contributed by atoms with Crippen molar-refractivity contribution < 1.29 is 9.53 Å². The first-order valence-electron chi connectivity index (χ1n) is 9.17. The van der Waals surface area contributed by atoms with Crippen LogP contribution in [0.5, 0.6) is 0 Å². The summed E-state index contributed by atoms with van der Waals surface area (Å²) in [7, 11) is 1.73. The molecule has 0 aromatic heterocycles. The minimum Gasteiger partial charge on any atom is -0.379 e. The Morgan fingerprint density at radius 1 is 1.19 bits per heavy atom. The number of aliphatic imine (C=N–C) groups is 1. The van der Waals surface area contributed by atoms with Gasteiger partial charge in [-0.05, 0) is 36.5 Å². The number of guanidine groups is 1. The van der Waals surface area contributed by atoms with Gasteiger partial charge in [-0.2, -0.15) is 0 Å². The lowest BCUT2D eigenvalue weighted by atomic mass is 9.89. The molecule has 1 atom stereocenters. The van der Waals surface area contributed by atoms with Crippen molar-refractivity contribution in [2.75, 3.05) is 32.1 Å². The highest BCUT2D eigenvalue weighted by Crippen LogP contribution is 2.21. The second-order valence-electron chi connectivity index (χ2n) is 7.36. The zero-order valence-electron chi connectivity index (χ0n) is 17.4. The molecular weight excluding hydrogens is 455 g/mol. The number of ether oxygens (including phenoxy) is 1. The number of carbonyl (C=O) groups excluding carboxylic acids is 1. The van der Waals surface area contributed by atoms with E-state index in [1.165, 1.54) is 12.5 Å². The van der Waals surface area contributed by atoms with Gasteiger partial charge in [-0.1, -0.05) is 32.9 Å². The van der Waals surface area contributed by atoms with Crippen LogP contribution in [0.1, 0.15) is 40.2 Å². The molecule has 0 spiro atoms. The Balaban J connectivity index is 0.00000676. The number of carbonyl (C=O) groups is 1. The molecule has 0 aliphatic rings. The summed E-state index contributed by atoms with van der Waals surface area (Å²) in [6.07, 6.45) is 0.942. The molecule has 0 saturated carbocycles. The molecule has 1 unspecified atom stereocenters. The summed E-state index contributed by atoms with van der Waals surface area (Å²) >= 11 is 0. The van der Waals surface area contributed by atoms with Gasteiger partial charge in [-0.25, -0.2) is 0 Å². The van der Waals surface area contributed by atoms with Crippen molar-refractivity contribution in [1.29, 1.82) is 0 Å². The smallest absolute Gasteiger partial charge is 0.221 e. The number of rotatable bonds is 8. The maximum absolute atomic E-state index is 11.0. The predicted molar refractivity (Wildman–Crippen MR) is 124 cm³/mol. The van der Waals surface area contributed by atoms with Crippen LogP contribution < -0.4 is 16.0 Å². The second kappa shape index (κ2) is 12.9. The maximum Gasteiger partial charge on any atom is 0.221 e. The largest absolute Gasteiger partial charge is 0.379 e. The molecule has 0 aliphatic carbocycles. The first-order valence-corrected chi connectivity index (χ1v) is 9.17. The number of amides is 1. The zero-order chi connectivity index (χ0) is 19.6. The van der Waals surface area contributed by atoms with E-state index in [0.717, 1.165) is 31.2 Å². The van der Waals surface area contributed by atoms with Crippen molar-refractivity contribution in [1.82, 2.24) is 10.6 Å². The van der Waals surface area contributed by atoms with Crippen LogP contribution in [0.25, 0.3) is 0 Å². The topological polar surface area (TPSA) is 74.8 Å². The van der Waals surface area contributed by atoms with E-state index in [-0.39, 0.29) is 41.4 Å². The number of nitrogens with zero attached hydrogens (tertiary/aromatic N) is 1. The fourth-order valence-electron chi connectivity index (χ4n) is 2.50. The second-order valence-corrected chi connectivity index (χ2v) is 7.36. The lowest BCUT2D eigenvalue weighted by molar-refractivity contribution is -0.114. The number of anilines is 1. The average Bonchev–Trinajstić information content (AvgIpc) is 2.55. The lowest BCUT2D eigenvalue weighted by Crippen LogP contribution is -2.40. The van der Waals surface area contributed by atoms with Gasteiger partial charge in [0.25, 0.3) is 0 Å². The fraction of sp³-hybridized carbons (Fsp3) is 0.600. The number of methoxy groups -OCH3 is 1. The summed E-state index contributed by atoms with van der Waals surface area (Å²) in [5.74, 6) is 0.740. The SMILES string of the molecule is CCNC(=NCC(OC)C(C)(C)C)NCCc1ccc(NC(C)=O)cc1.I. The molecule has 0 radical (unpaired) electrons. The van der Waals surface area contributed by atoms with Gasteiger partial charge in [0.2, 0.25) is 5.91 Å². The Labute approximate surface area is 181 Å². The molecule has 0 fully saturated rings. The van der Waals surface area contributed by atoms with E-state index < -0.39 is 0 Å². The molecule has 1 aromatic rings. The summed E-state index contributed by atoms with van der Waals surface area (Å²) in [5, 5.41) is 9.40. The van der Waals surface area contributed by atoms with E-state index in [2.05, 4.69) is 48.6 Å². The van der Waals surface area contributed by atoms with Gasteiger partial charge in [0, 0.05) is 32.8 Å². The quantitative estimate of drug-likeness (QED) is 0.297. The molecule has 1 amide bonds. The Morgan fingerprint density at radius 2 is 1.81 bits per heavy atom. The van der Waals surface area contributed by atoms with E-state index in [1.807, 2.05) is 24.3 Å². The fourth-order valence-corrected chi connectivity index (χ4v) is 2.50. The van der Waals surface area contributed by atoms with E-state index in [1.54, 1.807) is 7.11 Å². The minimum atomic E-state index is -0.0597. The number of halogens is 1. The Bertz CT molecular complexity index is 583. The van der Waals surface area contributed by atoms with Crippen LogP contribution >= 0.6 is 24.0 Å². The highest BCUT2D eigenvalue weighted by Gasteiger charge is 2.24. The molecule has 0 aliphatic heterocycles. The molecular formula is C20H35IN4O2. The number of hydrogen-bond donors (Lipinski definition) is 3. The Hall–Kier alpha value is -1.35. The van der Waals surface area contributed by atoms with Crippen molar-refractivity contribution in [2.24, 2.45) is 10.4 Å². The van der Waals surface area contributed by atoms with Crippen molar-refractivity contribution in [2.45, 2.75) is 47.1 Å². The monoisotopic (exact) mass is 490 g/mol. The molecule has 0 saturated heterocycles. The van der Waals surface area contributed by atoms with Crippen molar-refractivity contribution in [3.8, 4) is 0 Å². The molecule has 7 heteroatoms. The van der Waals surface area contributed by atoms with E-state index in [9.17, 15) is 4.79 Å². The standard InChI is InChI=1S/C20H34N4O2.HI/c1-7-21-19(23-14-18(26-6)20(3,4)5)22-13-12-16-8-10-17(11-9-16)24-15(2)25;/h8-11,18H,7,12-14H2,1-6H3,(H,24,25)(H2,21,22,23);1H. The van der Waals surface area contributed by atoms with E-state index in [0.29, 0.717) is 6.54 Å². The van der Waals surface area contributed by atoms with Crippen LogP contribution in [0.15, 0.2) is 29.3 Å². The van der Waals surface area contributed by atoms with Crippen LogP contribution in [0.4, 0.5) is 5.69 Å². The normalized spacial score (nSPS) is 12.7. The third-order valence-electron chi connectivity index (χ3n) is 3.99. The van der Waals surface area contributed by atoms with Gasteiger partial charge < -0.3 is 20.7 Å². The van der Waals surface area contributed by atoms with Crippen LogP contribution in [0, 0.1) is 5.41 Å². The van der Waals surface area contributed by atoms with Crippen molar-refractivity contribution >= 4 is 41.5 Å². The average molecular weight is 490 g/mol. The number of benzene rings is 1. The molecule has 6 nitrogen and oxygen atoms in total. The third-order valence-corrected chi connectivity index (χ3v) is 3.99. The number of hydrogen-bond acceptors (Lipinski definition) is 3. The predicted octanol–water partition coefficient (Wildman–Crippen LogP) is 3.42. The molecule has 3 N–H and O–H groups in total. The first kappa shape index (κ1) is 25.6. The van der Waals surface area contributed by atoms with Gasteiger partial charge in [-0.3, -0.25) is 9.79 Å². The van der Waals surface area contributed by atoms with Crippen molar-refractivity contribution in [3.05, 3.63) is 29.8 Å². The maximum atomic E-state index is 11.0. The molecule has 0 bridgehead atoms. The lowest BCUT2D eigenvalue weighted by Gasteiger charge is -2.28. The van der Waals surface area contributed by atoms with Crippen molar-refractivity contribution in [3.63, 3.8) is 0 Å². The highest BCUT2D eigenvalue weighted by molar-refractivity contribution is 14.0. The number of nitrogens with one attached hydrogen (secondary N) is 3. The third kappa shape index (κ3) is 10.5. The zero-order valence-corrected chi connectivity index (χ0v) is 19.7. The van der Waals surface area contributed by atoms with E-state index >= 15 is 0 Å². The van der Waals surface area contributed by atoms with Gasteiger partial charge >= 0.3 is 0 Å². The van der Waals surface area contributed by atoms with Gasteiger partial charge in [0.05, 0.1) is 12.6 Å². The summed E-state index contributed by atoms with van der Waals surface area (Å²) in [6.45, 7) is 12.2. The molecule has 0 heterocycles. The first-order chi connectivity index (χ1) is 12.3. The van der Waals surface area contributed by atoms with Gasteiger partial charge in [-0.15, -0.1) is 24.0 Å². The summed E-state index contributed by atoms with van der Waals surface area (Å²) in [6, 6.07) is 7.89. The molecule has 1 rings (SSSR count). The minimum absolute atomic E-state index is 0. The summed E-state index contributed by atoms with van der Waals surface area (Å²) in [4.78, 5) is 15.7. The van der Waals surface area contributed by atoms with Crippen LogP contribution in [-0.4, -0.2) is 44.7 Å². The molecule has 154 valence electrons. The summed E-state index contributed by atoms with van der Waals surface area (Å²) in [5.41, 5.74) is 2.06. The van der Waals surface area contributed by atoms with Crippen LogP contribution in [0.3, 0.4) is 0 Å². The van der Waals surface area contributed by atoms with Gasteiger partial charge in [0.15, 0.2) is 5.96 Å². The Kier molecular flexibility index (Phi) is 12.3. The molecule has 1 aromatic carbocycles.